The number of hydrogen-bond donors (Lipinski definition) is 1. The summed E-state index contributed by atoms with van der Waals surface area (Å²) in [4.78, 5) is 25.7. The average molecular weight is 410 g/mol. The topological polar surface area (TPSA) is 64.6 Å². The standard InChI is InChI=1S/C23H23NO4S/c1-15-8-7-11-18(14-15)28-13-12-19(25)24-22-20(23(26)27-3)16(2)21(29-22)17-9-5-4-6-10-17/h4-11,14H,12-13H2,1-3H3,(H,24,25). The smallest absolute Gasteiger partial charge is 0.341 e. The van der Waals surface area contributed by atoms with Gasteiger partial charge in [-0.05, 0) is 42.7 Å². The minimum Gasteiger partial charge on any atom is -0.493 e. The lowest BCUT2D eigenvalue weighted by Gasteiger charge is -2.08. The molecule has 1 aromatic heterocycles. The first-order valence-electron chi connectivity index (χ1n) is 9.26. The molecular formula is C23H23NO4S. The van der Waals surface area contributed by atoms with Crippen molar-refractivity contribution in [2.45, 2.75) is 20.3 Å². The summed E-state index contributed by atoms with van der Waals surface area (Å²) in [5, 5.41) is 3.35. The van der Waals surface area contributed by atoms with E-state index in [1.165, 1.54) is 18.4 Å². The van der Waals surface area contributed by atoms with E-state index in [0.29, 0.717) is 10.6 Å². The summed E-state index contributed by atoms with van der Waals surface area (Å²) in [5.41, 5.74) is 3.27. The average Bonchev–Trinajstić information content (AvgIpc) is 3.04. The highest BCUT2D eigenvalue weighted by Crippen LogP contribution is 2.40. The largest absolute Gasteiger partial charge is 0.493 e. The first kappa shape index (κ1) is 20.6. The summed E-state index contributed by atoms with van der Waals surface area (Å²) in [6.07, 6.45) is 0.173. The summed E-state index contributed by atoms with van der Waals surface area (Å²) >= 11 is 1.37. The van der Waals surface area contributed by atoms with Gasteiger partial charge < -0.3 is 14.8 Å². The van der Waals surface area contributed by atoms with Crippen LogP contribution in [0.5, 0.6) is 5.75 Å². The van der Waals surface area contributed by atoms with Crippen molar-refractivity contribution >= 4 is 28.2 Å². The molecule has 3 rings (SSSR count). The van der Waals surface area contributed by atoms with E-state index in [1.807, 2.05) is 68.4 Å². The van der Waals surface area contributed by atoms with Gasteiger partial charge in [-0.1, -0.05) is 42.5 Å². The molecule has 0 spiro atoms. The summed E-state index contributed by atoms with van der Waals surface area (Å²) < 4.78 is 10.6. The van der Waals surface area contributed by atoms with E-state index >= 15 is 0 Å². The summed E-state index contributed by atoms with van der Waals surface area (Å²) in [7, 11) is 1.34. The lowest BCUT2D eigenvalue weighted by atomic mass is 10.1. The molecule has 1 amide bonds. The highest BCUT2D eigenvalue weighted by molar-refractivity contribution is 7.20. The number of methoxy groups -OCH3 is 1. The lowest BCUT2D eigenvalue weighted by molar-refractivity contribution is -0.116. The van der Waals surface area contributed by atoms with Gasteiger partial charge in [-0.3, -0.25) is 4.79 Å². The van der Waals surface area contributed by atoms with Gasteiger partial charge in [0.1, 0.15) is 10.8 Å². The first-order chi connectivity index (χ1) is 14.0. The van der Waals surface area contributed by atoms with Crippen LogP contribution in [0.4, 0.5) is 5.00 Å². The Morgan fingerprint density at radius 1 is 1.03 bits per heavy atom. The van der Waals surface area contributed by atoms with E-state index in [1.54, 1.807) is 0 Å². The quantitative estimate of drug-likeness (QED) is 0.543. The van der Waals surface area contributed by atoms with Crippen LogP contribution in [0, 0.1) is 13.8 Å². The van der Waals surface area contributed by atoms with Crippen molar-refractivity contribution in [1.82, 2.24) is 0 Å². The van der Waals surface area contributed by atoms with Gasteiger partial charge in [-0.25, -0.2) is 4.79 Å². The van der Waals surface area contributed by atoms with Crippen LogP contribution in [0.15, 0.2) is 54.6 Å². The molecule has 0 aliphatic heterocycles. The number of ether oxygens (including phenoxy) is 2. The van der Waals surface area contributed by atoms with Crippen molar-refractivity contribution in [2.75, 3.05) is 19.0 Å². The Hall–Kier alpha value is -3.12. The number of carbonyl (C=O) groups excluding carboxylic acids is 2. The maximum absolute atomic E-state index is 12.5. The van der Waals surface area contributed by atoms with Crippen LogP contribution in [0.25, 0.3) is 10.4 Å². The fourth-order valence-corrected chi connectivity index (χ4v) is 4.19. The van der Waals surface area contributed by atoms with Crippen LogP contribution < -0.4 is 10.1 Å². The maximum Gasteiger partial charge on any atom is 0.341 e. The molecule has 0 fully saturated rings. The van der Waals surface area contributed by atoms with Gasteiger partial charge in [0.15, 0.2) is 0 Å². The molecule has 0 radical (unpaired) electrons. The van der Waals surface area contributed by atoms with Crippen molar-refractivity contribution in [1.29, 1.82) is 0 Å². The van der Waals surface area contributed by atoms with Crippen LogP contribution in [-0.4, -0.2) is 25.6 Å². The Morgan fingerprint density at radius 3 is 2.48 bits per heavy atom. The molecule has 5 nitrogen and oxygen atoms in total. The Kier molecular flexibility index (Phi) is 6.67. The summed E-state index contributed by atoms with van der Waals surface area (Å²) in [5.74, 6) is 0.0438. The Balaban J connectivity index is 1.73. The zero-order chi connectivity index (χ0) is 20.8. The van der Waals surface area contributed by atoms with Gasteiger partial charge in [-0.15, -0.1) is 11.3 Å². The summed E-state index contributed by atoms with van der Waals surface area (Å²) in [6, 6.07) is 17.4. The number of esters is 1. The van der Waals surface area contributed by atoms with E-state index in [2.05, 4.69) is 5.32 Å². The number of amides is 1. The minimum absolute atomic E-state index is 0.173. The molecule has 1 N–H and O–H groups in total. The molecular weight excluding hydrogens is 386 g/mol. The van der Waals surface area contributed by atoms with E-state index in [-0.39, 0.29) is 18.9 Å². The van der Waals surface area contributed by atoms with Gasteiger partial charge in [0.25, 0.3) is 0 Å². The maximum atomic E-state index is 12.5. The molecule has 3 aromatic rings. The summed E-state index contributed by atoms with van der Waals surface area (Å²) in [6.45, 7) is 4.09. The van der Waals surface area contributed by atoms with Crippen molar-refractivity contribution < 1.29 is 19.1 Å². The van der Waals surface area contributed by atoms with Crippen LogP contribution in [-0.2, 0) is 9.53 Å². The van der Waals surface area contributed by atoms with E-state index in [0.717, 1.165) is 27.3 Å². The minimum atomic E-state index is -0.466. The second kappa shape index (κ2) is 9.39. The van der Waals surface area contributed by atoms with Gasteiger partial charge >= 0.3 is 5.97 Å². The fourth-order valence-electron chi connectivity index (χ4n) is 2.97. The Morgan fingerprint density at radius 2 is 1.79 bits per heavy atom. The molecule has 0 aliphatic rings. The van der Waals surface area contributed by atoms with Gasteiger partial charge in [-0.2, -0.15) is 0 Å². The van der Waals surface area contributed by atoms with Crippen molar-refractivity contribution in [3.05, 3.63) is 71.3 Å². The zero-order valence-electron chi connectivity index (χ0n) is 16.7. The zero-order valence-corrected chi connectivity index (χ0v) is 17.5. The first-order valence-corrected chi connectivity index (χ1v) is 10.1. The van der Waals surface area contributed by atoms with Crippen molar-refractivity contribution in [3.63, 3.8) is 0 Å². The fraction of sp³-hybridized carbons (Fsp3) is 0.217. The molecule has 0 aliphatic carbocycles. The second-order valence-electron chi connectivity index (χ2n) is 6.58. The number of rotatable bonds is 7. The molecule has 29 heavy (non-hydrogen) atoms. The Labute approximate surface area is 174 Å². The number of nitrogens with one attached hydrogen (secondary N) is 1. The Bertz CT molecular complexity index is 1010. The highest BCUT2D eigenvalue weighted by Gasteiger charge is 2.23. The SMILES string of the molecule is COC(=O)c1c(NC(=O)CCOc2cccc(C)c2)sc(-c2ccccc2)c1C. The van der Waals surface area contributed by atoms with Gasteiger partial charge in [0.2, 0.25) is 5.91 Å². The van der Waals surface area contributed by atoms with E-state index < -0.39 is 5.97 Å². The molecule has 6 heteroatoms. The molecule has 2 aromatic carbocycles. The third-order valence-electron chi connectivity index (χ3n) is 4.41. The molecule has 0 unspecified atom stereocenters. The molecule has 1 heterocycles. The van der Waals surface area contributed by atoms with Gasteiger partial charge in [0, 0.05) is 4.88 Å². The van der Waals surface area contributed by atoms with Crippen molar-refractivity contribution in [3.8, 4) is 16.2 Å². The number of thiophene rings is 1. The van der Waals surface area contributed by atoms with Crippen LogP contribution in [0.3, 0.4) is 0 Å². The predicted molar refractivity (Wildman–Crippen MR) is 116 cm³/mol. The normalized spacial score (nSPS) is 10.4. The van der Waals surface area contributed by atoms with Crippen LogP contribution >= 0.6 is 11.3 Å². The second-order valence-corrected chi connectivity index (χ2v) is 7.60. The number of carbonyl (C=O) groups is 2. The monoisotopic (exact) mass is 409 g/mol. The van der Waals surface area contributed by atoms with Crippen LogP contribution in [0.2, 0.25) is 0 Å². The van der Waals surface area contributed by atoms with Gasteiger partial charge in [0.05, 0.1) is 25.7 Å². The third-order valence-corrected chi connectivity index (χ3v) is 5.67. The molecule has 150 valence electrons. The van der Waals surface area contributed by atoms with Crippen LogP contribution in [0.1, 0.15) is 27.9 Å². The molecule has 0 saturated heterocycles. The molecule has 0 saturated carbocycles. The molecule has 0 bridgehead atoms. The lowest BCUT2D eigenvalue weighted by Crippen LogP contribution is -2.16. The number of benzene rings is 2. The highest BCUT2D eigenvalue weighted by atomic mass is 32.1. The number of aryl methyl sites for hydroxylation is 1. The third kappa shape index (κ3) is 5.03. The van der Waals surface area contributed by atoms with E-state index in [4.69, 9.17) is 9.47 Å². The molecule has 0 atom stereocenters. The number of anilines is 1. The van der Waals surface area contributed by atoms with Crippen molar-refractivity contribution in [2.24, 2.45) is 0 Å². The van der Waals surface area contributed by atoms with E-state index in [9.17, 15) is 9.59 Å². The number of hydrogen-bond acceptors (Lipinski definition) is 5. The predicted octanol–water partition coefficient (Wildman–Crippen LogP) is 5.23.